The number of hydrogen-bond acceptors (Lipinski definition) is 10. The lowest BCUT2D eigenvalue weighted by atomic mass is 9.99. The molecule has 2 aromatic carbocycles. The molecule has 3 aromatic heterocycles. The molecule has 0 radical (unpaired) electrons. The average Bonchev–Trinajstić information content (AvgIpc) is 4.06. The number of halogens is 1. The third-order valence-electron chi connectivity index (χ3n) is 11.7. The molecule has 3 saturated heterocycles. The van der Waals surface area contributed by atoms with E-state index in [1.807, 2.05) is 28.8 Å². The number of fused-ring (bicyclic) bond motifs is 4. The maximum absolute atomic E-state index is 15.9. The third kappa shape index (κ3) is 5.99. The fraction of sp³-hybridized carbons (Fsp3) is 0.325. The second-order valence-electron chi connectivity index (χ2n) is 15.0. The lowest BCUT2D eigenvalue weighted by Gasteiger charge is -2.35. The lowest BCUT2D eigenvalue weighted by molar-refractivity contribution is -0.121. The van der Waals surface area contributed by atoms with Crippen LogP contribution in [-0.2, 0) is 35.6 Å². The second kappa shape index (κ2) is 13.6. The number of amides is 5. The number of thiazole rings is 1. The Bertz CT molecular complexity index is 2380. The van der Waals surface area contributed by atoms with Crippen LogP contribution in [0.5, 0.6) is 0 Å². The van der Waals surface area contributed by atoms with Crippen LogP contribution in [0.2, 0.25) is 0 Å². The number of carbonyl (C=O) groups is 4. The van der Waals surface area contributed by atoms with E-state index in [2.05, 4.69) is 47.5 Å². The van der Waals surface area contributed by atoms with Gasteiger partial charge >= 0.3 is 6.03 Å². The number of hydrogen-bond donors (Lipinski definition) is 2. The van der Waals surface area contributed by atoms with Crippen LogP contribution in [-0.4, -0.2) is 84.8 Å². The lowest BCUT2D eigenvalue weighted by Crippen LogP contribution is -2.49. The number of benzene rings is 2. The molecule has 3 atom stereocenters. The molecular weight excluding hydrogens is 736 g/mol. The number of nitrogens with zero attached hydrogens (tertiary/aromatic N) is 8. The summed E-state index contributed by atoms with van der Waals surface area (Å²) in [6, 6.07) is 14.4. The minimum Gasteiger partial charge on any atom is -0.366 e. The van der Waals surface area contributed by atoms with Gasteiger partial charge in [-0.05, 0) is 66.3 Å². The van der Waals surface area contributed by atoms with Crippen LogP contribution < -0.4 is 20.4 Å². The summed E-state index contributed by atoms with van der Waals surface area (Å²) in [7, 11) is 0. The Kier molecular flexibility index (Phi) is 8.40. The fourth-order valence-corrected chi connectivity index (χ4v) is 9.49. The molecule has 284 valence electrons. The maximum Gasteiger partial charge on any atom is 0.329 e. The Morgan fingerprint density at radius 3 is 2.61 bits per heavy atom. The molecule has 2 bridgehead atoms. The number of anilines is 3. The van der Waals surface area contributed by atoms with Crippen molar-refractivity contribution in [3.8, 4) is 11.1 Å². The van der Waals surface area contributed by atoms with Crippen LogP contribution in [0.25, 0.3) is 11.1 Å². The number of urea groups is 1. The average molecular weight is 773 g/mol. The minimum absolute atomic E-state index is 0.0433. The predicted octanol–water partition coefficient (Wildman–Crippen LogP) is 4.73. The summed E-state index contributed by atoms with van der Waals surface area (Å²) in [6.45, 7) is 3.62. The highest BCUT2D eigenvalue weighted by Crippen LogP contribution is 2.40. The first kappa shape index (κ1) is 34.5. The SMILES string of the molecule is O=C1CCN(c2ccc(CN3C[C@H]4C[C@@H]3CN4c3ccc(-c4cc(F)c5c(c4)C(=O)N(C(C(=O)Nc4nccs4)c4ncn6c4CCC6)C5)cc3)cn2)C(=O)N1. The molecule has 16 heteroatoms. The van der Waals surface area contributed by atoms with Gasteiger partial charge in [-0.15, -0.1) is 11.3 Å². The van der Waals surface area contributed by atoms with Gasteiger partial charge in [0.1, 0.15) is 11.6 Å². The Hall–Kier alpha value is -6.00. The second-order valence-corrected chi connectivity index (χ2v) is 15.9. The van der Waals surface area contributed by atoms with Crippen molar-refractivity contribution in [3.05, 3.63) is 107 Å². The zero-order valence-electron chi connectivity index (χ0n) is 30.2. The van der Waals surface area contributed by atoms with Crippen molar-refractivity contribution < 1.29 is 23.6 Å². The van der Waals surface area contributed by atoms with Crippen LogP contribution in [0.1, 0.15) is 58.2 Å². The van der Waals surface area contributed by atoms with Crippen LogP contribution in [0.4, 0.5) is 25.8 Å². The zero-order chi connectivity index (χ0) is 38.1. The number of pyridine rings is 1. The first-order valence-electron chi connectivity index (χ1n) is 18.8. The van der Waals surface area contributed by atoms with Gasteiger partial charge in [-0.1, -0.05) is 18.2 Å². The molecule has 1 unspecified atom stereocenters. The highest BCUT2D eigenvalue weighted by molar-refractivity contribution is 7.13. The van der Waals surface area contributed by atoms with Crippen molar-refractivity contribution in [3.63, 3.8) is 0 Å². The maximum atomic E-state index is 15.9. The van der Waals surface area contributed by atoms with Gasteiger partial charge in [0.15, 0.2) is 11.2 Å². The number of rotatable bonds is 9. The molecule has 0 spiro atoms. The summed E-state index contributed by atoms with van der Waals surface area (Å²) in [4.78, 5) is 72.7. The number of likely N-dealkylation sites (tertiary alicyclic amines) is 1. The Labute approximate surface area is 325 Å². The van der Waals surface area contributed by atoms with Crippen molar-refractivity contribution in [1.82, 2.24) is 34.6 Å². The van der Waals surface area contributed by atoms with Crippen molar-refractivity contribution in [2.24, 2.45) is 0 Å². The van der Waals surface area contributed by atoms with E-state index in [1.165, 1.54) is 27.2 Å². The van der Waals surface area contributed by atoms with Crippen LogP contribution in [0, 0.1) is 5.82 Å². The summed E-state index contributed by atoms with van der Waals surface area (Å²) in [5.41, 5.74) is 5.51. The van der Waals surface area contributed by atoms with E-state index < -0.39 is 29.7 Å². The molecule has 5 aromatic rings. The molecule has 10 rings (SSSR count). The Balaban J connectivity index is 0.820. The molecule has 2 N–H and O–H groups in total. The summed E-state index contributed by atoms with van der Waals surface area (Å²) in [5.74, 6) is -1.07. The topological polar surface area (TPSA) is 149 Å². The van der Waals surface area contributed by atoms with Gasteiger partial charge in [0, 0.05) is 91.5 Å². The Morgan fingerprint density at radius 2 is 1.86 bits per heavy atom. The summed E-state index contributed by atoms with van der Waals surface area (Å²) in [5, 5.41) is 7.36. The normalized spacial score (nSPS) is 20.8. The van der Waals surface area contributed by atoms with Crippen molar-refractivity contribution in [1.29, 1.82) is 0 Å². The largest absolute Gasteiger partial charge is 0.366 e. The number of piperazine rings is 1. The van der Waals surface area contributed by atoms with Gasteiger partial charge < -0.3 is 14.4 Å². The minimum atomic E-state index is -1.04. The van der Waals surface area contributed by atoms with Crippen molar-refractivity contribution >= 4 is 51.7 Å². The van der Waals surface area contributed by atoms with Gasteiger partial charge in [0.25, 0.3) is 11.8 Å². The first-order valence-corrected chi connectivity index (χ1v) is 19.7. The first-order chi connectivity index (χ1) is 27.3. The van der Waals surface area contributed by atoms with Gasteiger partial charge in [-0.25, -0.2) is 24.1 Å². The molecule has 5 aliphatic heterocycles. The summed E-state index contributed by atoms with van der Waals surface area (Å²) >= 11 is 1.28. The van der Waals surface area contributed by atoms with E-state index in [0.717, 1.165) is 67.9 Å². The molecular formula is C40H37FN10O4S. The van der Waals surface area contributed by atoms with E-state index in [0.29, 0.717) is 40.8 Å². The number of carbonyl (C=O) groups excluding carboxylic acids is 4. The Morgan fingerprint density at radius 1 is 0.982 bits per heavy atom. The fourth-order valence-electron chi connectivity index (χ4n) is 8.96. The summed E-state index contributed by atoms with van der Waals surface area (Å²) < 4.78 is 17.9. The highest BCUT2D eigenvalue weighted by Gasteiger charge is 2.44. The van der Waals surface area contributed by atoms with E-state index in [4.69, 9.17) is 0 Å². The molecule has 8 heterocycles. The number of imidazole rings is 1. The van der Waals surface area contributed by atoms with Crippen LogP contribution in [0.15, 0.2) is 72.6 Å². The molecule has 56 heavy (non-hydrogen) atoms. The predicted molar refractivity (Wildman–Crippen MR) is 205 cm³/mol. The quantitative estimate of drug-likeness (QED) is 0.217. The zero-order valence-corrected chi connectivity index (χ0v) is 31.0. The molecule has 5 aliphatic rings. The molecule has 5 amide bonds. The van der Waals surface area contributed by atoms with Gasteiger partial charge in [-0.2, -0.15) is 0 Å². The van der Waals surface area contributed by atoms with Crippen LogP contribution >= 0.6 is 11.3 Å². The van der Waals surface area contributed by atoms with E-state index in [-0.39, 0.29) is 30.0 Å². The number of aryl methyl sites for hydroxylation is 1. The van der Waals surface area contributed by atoms with Gasteiger partial charge in [0.05, 0.1) is 18.6 Å². The molecule has 0 aliphatic carbocycles. The van der Waals surface area contributed by atoms with Crippen molar-refractivity contribution in [2.45, 2.75) is 63.4 Å². The van der Waals surface area contributed by atoms with E-state index in [9.17, 15) is 19.2 Å². The van der Waals surface area contributed by atoms with Gasteiger partial charge in [-0.3, -0.25) is 34.8 Å². The van der Waals surface area contributed by atoms with E-state index in [1.54, 1.807) is 30.2 Å². The molecule has 3 fully saturated rings. The van der Waals surface area contributed by atoms with Crippen molar-refractivity contribution in [2.75, 3.05) is 34.8 Å². The number of nitrogens with one attached hydrogen (secondary N) is 2. The van der Waals surface area contributed by atoms with Crippen LogP contribution in [0.3, 0.4) is 0 Å². The molecule has 0 saturated carbocycles. The number of aromatic nitrogens is 4. The standard InChI is InChI=1S/C40H37FN10O4S/c41-31-15-25(14-29-30(31)21-51(38(29)54)36(37(53)46-39-42-10-13-56-39)35-32-2-1-11-47(32)22-44-35)24-4-6-26(7-5-24)50-20-27-16-28(50)19-48(27)18-23-3-8-33(43-17-23)49-12-9-34(52)45-40(49)55/h3-8,10,13-15,17,22,27-28,36H,1-2,9,11-12,16,18-21H2,(H,42,46,53)(H,45,52,55)/t27-,28-,36?/m1/s1. The van der Waals surface area contributed by atoms with E-state index >= 15 is 4.39 Å². The van der Waals surface area contributed by atoms with Gasteiger partial charge in [0.2, 0.25) is 5.91 Å². The smallest absolute Gasteiger partial charge is 0.329 e. The highest BCUT2D eigenvalue weighted by atomic mass is 32.1. The third-order valence-corrected chi connectivity index (χ3v) is 12.4. The monoisotopic (exact) mass is 772 g/mol. The number of imide groups is 1. The molecule has 14 nitrogen and oxygen atoms in total. The summed E-state index contributed by atoms with van der Waals surface area (Å²) in [6.07, 6.45) is 8.10.